The summed E-state index contributed by atoms with van der Waals surface area (Å²) in [5.41, 5.74) is 0.384. The Hall–Kier alpha value is -0.626. The molecule has 0 amide bonds. The van der Waals surface area contributed by atoms with Gasteiger partial charge in [0, 0.05) is 5.92 Å². The molecular formula is C11H25NO3Si2. The molecule has 0 atom stereocenters. The molecule has 0 aromatic carbocycles. The van der Waals surface area contributed by atoms with Gasteiger partial charge in [0.1, 0.15) is 0 Å². The molecular weight excluding hydrogens is 250 g/mol. The fourth-order valence-corrected chi connectivity index (χ4v) is 1.93. The van der Waals surface area contributed by atoms with E-state index in [1.165, 1.54) is 0 Å². The predicted molar refractivity (Wildman–Crippen MR) is 76.1 cm³/mol. The highest BCUT2D eigenvalue weighted by Crippen LogP contribution is 2.10. The minimum atomic E-state index is -1.88. The van der Waals surface area contributed by atoms with Gasteiger partial charge in [-0.15, -0.1) is 0 Å². The average molecular weight is 275 g/mol. The molecule has 0 aliphatic heterocycles. The van der Waals surface area contributed by atoms with Gasteiger partial charge in [-0.3, -0.25) is 0 Å². The Morgan fingerprint density at radius 3 is 1.76 bits per heavy atom. The number of carbonyl (C=O) groups excluding carboxylic acids is 1. The third-order valence-corrected chi connectivity index (χ3v) is 3.01. The van der Waals surface area contributed by atoms with Crippen molar-refractivity contribution in [3.8, 4) is 0 Å². The number of rotatable bonds is 5. The molecule has 0 bridgehead atoms. The smallest absolute Gasteiger partial charge is 0.342 e. The molecule has 0 rings (SSSR count). The molecule has 0 aliphatic rings. The molecule has 0 aromatic rings. The molecule has 0 heterocycles. The maximum absolute atomic E-state index is 11.9. The molecule has 0 fully saturated rings. The van der Waals surface area contributed by atoms with Gasteiger partial charge in [0.2, 0.25) is 8.32 Å². The molecule has 0 N–H and O–H groups in total. The van der Waals surface area contributed by atoms with Crippen LogP contribution in [0, 0.1) is 5.92 Å². The van der Waals surface area contributed by atoms with Crippen LogP contribution in [0.4, 0.5) is 0 Å². The molecule has 6 heteroatoms. The molecule has 0 unspecified atom stereocenters. The average Bonchev–Trinajstić information content (AvgIpc) is 1.96. The van der Waals surface area contributed by atoms with E-state index in [0.717, 1.165) is 0 Å². The third kappa shape index (κ3) is 8.15. The van der Waals surface area contributed by atoms with Crippen LogP contribution in [-0.4, -0.2) is 28.3 Å². The third-order valence-electron chi connectivity index (χ3n) is 1.57. The van der Waals surface area contributed by atoms with Gasteiger partial charge in [-0.05, 0) is 39.3 Å². The molecule has 17 heavy (non-hydrogen) atoms. The summed E-state index contributed by atoms with van der Waals surface area (Å²) in [6.07, 6.45) is 0. The van der Waals surface area contributed by atoms with Crippen LogP contribution < -0.4 is 0 Å². The van der Waals surface area contributed by atoms with Crippen molar-refractivity contribution in [3.05, 3.63) is 0 Å². The zero-order valence-corrected chi connectivity index (χ0v) is 14.2. The van der Waals surface area contributed by atoms with E-state index in [4.69, 9.17) is 8.95 Å². The second-order valence-corrected chi connectivity index (χ2v) is 15.2. The van der Waals surface area contributed by atoms with Crippen LogP contribution in [0.1, 0.15) is 13.8 Å². The monoisotopic (exact) mass is 275 g/mol. The van der Waals surface area contributed by atoms with Crippen molar-refractivity contribution in [2.45, 2.75) is 53.1 Å². The maximum atomic E-state index is 11.9. The first kappa shape index (κ1) is 16.4. The zero-order chi connectivity index (χ0) is 13.9. The van der Waals surface area contributed by atoms with Crippen LogP contribution in [0.3, 0.4) is 0 Å². The summed E-state index contributed by atoms with van der Waals surface area (Å²) in [4.78, 5) is 11.9. The number of hydrogen-bond acceptors (Lipinski definition) is 4. The highest BCUT2D eigenvalue weighted by atomic mass is 28.4. The second-order valence-electron chi connectivity index (χ2n) is 6.34. The summed E-state index contributed by atoms with van der Waals surface area (Å²) in [6.45, 7) is 15.8. The van der Waals surface area contributed by atoms with E-state index in [9.17, 15) is 4.79 Å². The van der Waals surface area contributed by atoms with Crippen molar-refractivity contribution in [1.29, 1.82) is 0 Å². The van der Waals surface area contributed by atoms with Gasteiger partial charge in [-0.25, -0.2) is 4.79 Å². The highest BCUT2D eigenvalue weighted by molar-refractivity contribution is 6.73. The van der Waals surface area contributed by atoms with Gasteiger partial charge in [0.05, 0.1) is 0 Å². The van der Waals surface area contributed by atoms with Gasteiger partial charge in [-0.2, -0.15) is 0 Å². The number of oxime groups is 1. The topological polar surface area (TPSA) is 47.9 Å². The zero-order valence-electron chi connectivity index (χ0n) is 12.2. The Morgan fingerprint density at radius 1 is 1.00 bits per heavy atom. The highest BCUT2D eigenvalue weighted by Gasteiger charge is 2.26. The number of hydrogen-bond donors (Lipinski definition) is 0. The SMILES string of the molecule is CC(C)C(=NO[Si](C)(C)C)C(=O)O[Si](C)(C)C. The van der Waals surface area contributed by atoms with Gasteiger partial charge in [0.15, 0.2) is 5.71 Å². The normalized spacial score (nSPS) is 13.8. The molecule has 0 radical (unpaired) electrons. The fraction of sp³-hybridized carbons (Fsp3) is 0.818. The first-order valence-electron chi connectivity index (χ1n) is 5.92. The largest absolute Gasteiger partial charge is 0.515 e. The fourth-order valence-electron chi connectivity index (χ4n) is 0.895. The quantitative estimate of drug-likeness (QED) is 0.440. The lowest BCUT2D eigenvalue weighted by Crippen LogP contribution is -2.35. The second kappa shape index (κ2) is 5.81. The Kier molecular flexibility index (Phi) is 5.60. The van der Waals surface area contributed by atoms with Crippen LogP contribution in [0.15, 0.2) is 5.16 Å². The van der Waals surface area contributed by atoms with E-state index in [2.05, 4.69) is 5.16 Å². The maximum Gasteiger partial charge on any atom is 0.342 e. The van der Waals surface area contributed by atoms with Crippen molar-refractivity contribution in [3.63, 3.8) is 0 Å². The summed E-state index contributed by atoms with van der Waals surface area (Å²) in [6, 6.07) is 0. The first-order chi connectivity index (χ1) is 7.42. The van der Waals surface area contributed by atoms with Crippen LogP contribution in [0.25, 0.3) is 0 Å². The molecule has 4 nitrogen and oxygen atoms in total. The van der Waals surface area contributed by atoms with E-state index in [1.807, 2.05) is 53.1 Å². The van der Waals surface area contributed by atoms with Crippen LogP contribution >= 0.6 is 0 Å². The Bertz CT molecular complexity index is 301. The summed E-state index contributed by atoms with van der Waals surface area (Å²) in [5, 5.41) is 4.00. The molecule has 0 saturated carbocycles. The van der Waals surface area contributed by atoms with Gasteiger partial charge in [0.25, 0.3) is 8.32 Å². The van der Waals surface area contributed by atoms with Crippen LogP contribution in [0.2, 0.25) is 39.3 Å². The summed E-state index contributed by atoms with van der Waals surface area (Å²) >= 11 is 0. The lowest BCUT2D eigenvalue weighted by atomic mass is 10.1. The summed E-state index contributed by atoms with van der Waals surface area (Å²) < 4.78 is 10.9. The lowest BCUT2D eigenvalue weighted by Gasteiger charge is -2.20. The van der Waals surface area contributed by atoms with Crippen molar-refractivity contribution >= 4 is 28.3 Å². The van der Waals surface area contributed by atoms with Crippen molar-refractivity contribution in [2.24, 2.45) is 11.1 Å². The molecule has 0 spiro atoms. The molecule has 0 aromatic heterocycles. The van der Waals surface area contributed by atoms with Gasteiger partial charge >= 0.3 is 5.97 Å². The Balaban J connectivity index is 4.81. The van der Waals surface area contributed by atoms with E-state index < -0.39 is 16.6 Å². The van der Waals surface area contributed by atoms with Crippen molar-refractivity contribution in [1.82, 2.24) is 0 Å². The molecule has 0 saturated heterocycles. The number of nitrogens with zero attached hydrogens (tertiary/aromatic N) is 1. The van der Waals surface area contributed by atoms with E-state index in [1.54, 1.807) is 0 Å². The van der Waals surface area contributed by atoms with E-state index in [-0.39, 0.29) is 11.9 Å². The van der Waals surface area contributed by atoms with E-state index in [0.29, 0.717) is 5.71 Å². The minimum Gasteiger partial charge on any atom is -0.515 e. The van der Waals surface area contributed by atoms with Crippen LogP contribution in [0.5, 0.6) is 0 Å². The minimum absolute atomic E-state index is 0.00944. The molecule has 100 valence electrons. The standard InChI is InChI=1S/C11H25NO3Si2/c1-9(2)10(12-15-17(6,7)8)11(13)14-16(3,4)5/h9H,1-8H3. The number of carbonyl (C=O) groups is 1. The lowest BCUT2D eigenvalue weighted by molar-refractivity contribution is -0.128. The van der Waals surface area contributed by atoms with Crippen molar-refractivity contribution in [2.75, 3.05) is 0 Å². The van der Waals surface area contributed by atoms with E-state index >= 15 is 0 Å². The Labute approximate surface area is 107 Å². The van der Waals surface area contributed by atoms with Crippen molar-refractivity contribution < 1.29 is 13.7 Å². The molecule has 0 aliphatic carbocycles. The Morgan fingerprint density at radius 2 is 1.47 bits per heavy atom. The van der Waals surface area contributed by atoms with Crippen LogP contribution in [-0.2, 0) is 13.7 Å². The first-order valence-corrected chi connectivity index (χ1v) is 12.7. The predicted octanol–water partition coefficient (Wildman–Crippen LogP) is 3.23. The van der Waals surface area contributed by atoms with Gasteiger partial charge in [-0.1, -0.05) is 19.0 Å². The summed E-state index contributed by atoms with van der Waals surface area (Å²) in [5.74, 6) is -0.326. The van der Waals surface area contributed by atoms with Gasteiger partial charge < -0.3 is 8.95 Å². The summed E-state index contributed by atoms with van der Waals surface area (Å²) in [7, 11) is -3.63.